The Labute approximate surface area is 218 Å². The highest BCUT2D eigenvalue weighted by molar-refractivity contribution is 7.21. The van der Waals surface area contributed by atoms with E-state index in [2.05, 4.69) is 4.99 Å². The van der Waals surface area contributed by atoms with Gasteiger partial charge in [0.2, 0.25) is 5.90 Å². The Hall–Kier alpha value is -4.54. The van der Waals surface area contributed by atoms with Crippen LogP contribution in [0.2, 0.25) is 5.02 Å². The summed E-state index contributed by atoms with van der Waals surface area (Å²) in [5, 5.41) is 12.0. The molecule has 3 aromatic carbocycles. The minimum Gasteiger partial charge on any atom is -0.497 e. The standard InChI is InChI=1S/C26H15ClN2O7S/c1-34-17-9-6-14(7-10-17)25(30)35-20-5-3-2-4-15(20)12-19-26(31)36-24(28-19)23-22(27)18-11-8-16(29(32)33)13-21(18)37-23/h2-13H,1H3/b19-12+. The molecule has 0 N–H and O–H groups in total. The summed E-state index contributed by atoms with van der Waals surface area (Å²) in [6.45, 7) is 0. The second kappa shape index (κ2) is 9.84. The molecule has 0 amide bonds. The number of carbonyl (C=O) groups is 2. The zero-order chi connectivity index (χ0) is 26.1. The first-order valence-corrected chi connectivity index (χ1v) is 11.9. The molecule has 11 heteroatoms. The monoisotopic (exact) mass is 534 g/mol. The number of carbonyl (C=O) groups excluding carboxylic acids is 2. The Kier molecular flexibility index (Phi) is 6.43. The molecule has 9 nitrogen and oxygen atoms in total. The summed E-state index contributed by atoms with van der Waals surface area (Å²) < 4.78 is 16.6. The quantitative estimate of drug-likeness (QED) is 0.0973. The first-order valence-electron chi connectivity index (χ1n) is 10.7. The minimum absolute atomic E-state index is 0.0159. The topological polar surface area (TPSA) is 117 Å². The lowest BCUT2D eigenvalue weighted by Gasteiger charge is -2.08. The van der Waals surface area contributed by atoms with E-state index in [1.54, 1.807) is 48.5 Å². The number of hydrogen-bond donors (Lipinski definition) is 0. The molecule has 5 rings (SSSR count). The molecule has 0 radical (unpaired) electrons. The summed E-state index contributed by atoms with van der Waals surface area (Å²) in [5.74, 6) is -0.493. The van der Waals surface area contributed by atoms with Crippen LogP contribution in [0.15, 0.2) is 77.4 Å². The molecule has 0 spiro atoms. The number of rotatable bonds is 6. The second-order valence-electron chi connectivity index (χ2n) is 7.67. The Morgan fingerprint density at radius 1 is 1.14 bits per heavy atom. The first kappa shape index (κ1) is 24.2. The Morgan fingerprint density at radius 2 is 1.89 bits per heavy atom. The van der Waals surface area contributed by atoms with Crippen LogP contribution in [0, 0.1) is 10.1 Å². The van der Waals surface area contributed by atoms with Crippen molar-refractivity contribution in [3.8, 4) is 11.5 Å². The molecule has 37 heavy (non-hydrogen) atoms. The number of fused-ring (bicyclic) bond motifs is 1. The van der Waals surface area contributed by atoms with Crippen molar-refractivity contribution in [1.29, 1.82) is 0 Å². The van der Waals surface area contributed by atoms with E-state index in [1.807, 2.05) is 0 Å². The van der Waals surface area contributed by atoms with Gasteiger partial charge in [-0.15, -0.1) is 11.3 Å². The summed E-state index contributed by atoms with van der Waals surface area (Å²) in [4.78, 5) is 40.5. The number of non-ortho nitro benzene ring substituents is 1. The Morgan fingerprint density at radius 3 is 2.62 bits per heavy atom. The molecular weight excluding hydrogens is 520 g/mol. The molecule has 0 bridgehead atoms. The van der Waals surface area contributed by atoms with Gasteiger partial charge in [0.25, 0.3) is 5.69 Å². The Bertz CT molecular complexity index is 1640. The number of nitro groups is 1. The van der Waals surface area contributed by atoms with Crippen molar-refractivity contribution >= 4 is 62.6 Å². The number of thiophene rings is 1. The van der Waals surface area contributed by atoms with Crippen molar-refractivity contribution in [3.63, 3.8) is 0 Å². The largest absolute Gasteiger partial charge is 0.497 e. The fraction of sp³-hybridized carbons (Fsp3) is 0.0385. The van der Waals surface area contributed by atoms with Gasteiger partial charge in [0.1, 0.15) is 16.4 Å². The number of nitrogens with zero attached hydrogens (tertiary/aromatic N) is 2. The number of benzene rings is 3. The molecule has 0 atom stereocenters. The van der Waals surface area contributed by atoms with Gasteiger partial charge < -0.3 is 14.2 Å². The van der Waals surface area contributed by atoms with Crippen LogP contribution in [0.3, 0.4) is 0 Å². The number of para-hydroxylation sites is 1. The fourth-order valence-corrected chi connectivity index (χ4v) is 5.01. The van der Waals surface area contributed by atoms with Crippen molar-refractivity contribution in [2.75, 3.05) is 7.11 Å². The van der Waals surface area contributed by atoms with Crippen LogP contribution in [0.5, 0.6) is 11.5 Å². The molecule has 0 saturated heterocycles. The lowest BCUT2D eigenvalue weighted by molar-refractivity contribution is -0.384. The molecule has 0 fully saturated rings. The number of nitro benzene ring substituents is 1. The van der Waals surface area contributed by atoms with E-state index in [1.165, 1.54) is 31.4 Å². The maximum atomic E-state index is 12.6. The number of aliphatic imine (C=N–C) groups is 1. The molecule has 2 heterocycles. The third kappa shape index (κ3) is 4.80. The molecule has 1 aromatic heterocycles. The van der Waals surface area contributed by atoms with Crippen LogP contribution in [0.4, 0.5) is 5.69 Å². The number of esters is 2. The second-order valence-corrected chi connectivity index (χ2v) is 9.10. The highest BCUT2D eigenvalue weighted by atomic mass is 35.5. The third-order valence-electron chi connectivity index (χ3n) is 5.38. The third-order valence-corrected chi connectivity index (χ3v) is 7.02. The van der Waals surface area contributed by atoms with Gasteiger partial charge in [-0.1, -0.05) is 29.8 Å². The smallest absolute Gasteiger partial charge is 0.363 e. The number of methoxy groups -OCH3 is 1. The summed E-state index contributed by atoms with van der Waals surface area (Å²) >= 11 is 7.59. The lowest BCUT2D eigenvalue weighted by atomic mass is 10.1. The van der Waals surface area contributed by atoms with E-state index >= 15 is 0 Å². The molecule has 1 aliphatic heterocycles. The maximum absolute atomic E-state index is 12.6. The van der Waals surface area contributed by atoms with Crippen LogP contribution in [0.1, 0.15) is 20.8 Å². The molecular formula is C26H15ClN2O7S. The van der Waals surface area contributed by atoms with Crippen molar-refractivity contribution in [2.45, 2.75) is 0 Å². The minimum atomic E-state index is -0.717. The van der Waals surface area contributed by atoms with Crippen LogP contribution < -0.4 is 9.47 Å². The molecule has 1 aliphatic rings. The van der Waals surface area contributed by atoms with Gasteiger partial charge in [0.15, 0.2) is 5.70 Å². The first-order chi connectivity index (χ1) is 17.8. The maximum Gasteiger partial charge on any atom is 0.363 e. The molecule has 4 aromatic rings. The van der Waals surface area contributed by atoms with Crippen LogP contribution >= 0.6 is 22.9 Å². The van der Waals surface area contributed by atoms with Crippen molar-refractivity contribution < 1.29 is 28.7 Å². The SMILES string of the molecule is COc1ccc(C(=O)Oc2ccccc2/C=C2/N=C(c3sc4cc([N+](=O)[O-])ccc4c3Cl)OC2=O)cc1. The van der Waals surface area contributed by atoms with Crippen LogP contribution in [-0.2, 0) is 9.53 Å². The number of hydrogen-bond acceptors (Lipinski definition) is 9. The molecule has 0 aliphatic carbocycles. The summed E-state index contributed by atoms with van der Waals surface area (Å²) in [5.41, 5.74) is 0.647. The average Bonchev–Trinajstić information content (AvgIpc) is 3.43. The zero-order valence-electron chi connectivity index (χ0n) is 19.0. The van der Waals surface area contributed by atoms with Gasteiger partial charge in [-0.25, -0.2) is 14.6 Å². The van der Waals surface area contributed by atoms with E-state index in [-0.39, 0.29) is 28.1 Å². The Balaban J connectivity index is 1.44. The fourth-order valence-electron chi connectivity index (χ4n) is 3.54. The average molecular weight is 535 g/mol. The summed E-state index contributed by atoms with van der Waals surface area (Å²) in [6.07, 6.45) is 1.44. The van der Waals surface area contributed by atoms with Gasteiger partial charge in [0, 0.05) is 27.8 Å². The summed E-state index contributed by atoms with van der Waals surface area (Å²) in [7, 11) is 1.53. The van der Waals surface area contributed by atoms with Crippen molar-refractivity contribution in [1.82, 2.24) is 0 Å². The van der Waals surface area contributed by atoms with Gasteiger partial charge in [0.05, 0.1) is 22.6 Å². The molecule has 0 saturated carbocycles. The van der Waals surface area contributed by atoms with Crippen LogP contribution in [-0.4, -0.2) is 29.9 Å². The highest BCUT2D eigenvalue weighted by Gasteiger charge is 2.29. The van der Waals surface area contributed by atoms with E-state index in [9.17, 15) is 19.7 Å². The lowest BCUT2D eigenvalue weighted by Crippen LogP contribution is -2.09. The van der Waals surface area contributed by atoms with E-state index in [0.717, 1.165) is 11.3 Å². The predicted molar refractivity (Wildman–Crippen MR) is 138 cm³/mol. The molecule has 184 valence electrons. The van der Waals surface area contributed by atoms with E-state index < -0.39 is 16.9 Å². The summed E-state index contributed by atoms with van der Waals surface area (Å²) in [6, 6.07) is 17.4. The normalized spacial score (nSPS) is 13.9. The number of halogens is 1. The van der Waals surface area contributed by atoms with Gasteiger partial charge >= 0.3 is 11.9 Å². The van der Waals surface area contributed by atoms with Gasteiger partial charge in [-0.05, 0) is 42.5 Å². The zero-order valence-corrected chi connectivity index (χ0v) is 20.5. The molecule has 0 unspecified atom stereocenters. The number of cyclic esters (lactones) is 1. The number of ether oxygens (including phenoxy) is 3. The highest BCUT2D eigenvalue weighted by Crippen LogP contribution is 2.39. The van der Waals surface area contributed by atoms with Crippen molar-refractivity contribution in [3.05, 3.63) is 104 Å². The van der Waals surface area contributed by atoms with E-state index in [0.29, 0.717) is 31.8 Å². The van der Waals surface area contributed by atoms with Gasteiger partial charge in [-0.2, -0.15) is 0 Å². The van der Waals surface area contributed by atoms with E-state index in [4.69, 9.17) is 25.8 Å². The van der Waals surface area contributed by atoms with Gasteiger partial charge in [-0.3, -0.25) is 10.1 Å². The predicted octanol–water partition coefficient (Wildman–Crippen LogP) is 6.04. The van der Waals surface area contributed by atoms with Crippen LogP contribution in [0.25, 0.3) is 16.2 Å². The van der Waals surface area contributed by atoms with Crippen molar-refractivity contribution in [2.24, 2.45) is 4.99 Å².